The van der Waals surface area contributed by atoms with E-state index >= 15 is 0 Å². The predicted molar refractivity (Wildman–Crippen MR) is 109 cm³/mol. The van der Waals surface area contributed by atoms with Crippen LogP contribution < -0.4 is 20.8 Å². The first kappa shape index (κ1) is 22.7. The smallest absolute Gasteiger partial charge is 0.323 e. The van der Waals surface area contributed by atoms with Crippen LogP contribution in [-0.4, -0.2) is 66.6 Å². The number of benzene rings is 1. The second-order valence-corrected chi connectivity index (χ2v) is 8.58. The van der Waals surface area contributed by atoms with Gasteiger partial charge in [0.25, 0.3) is 0 Å². The molecule has 2 aromatic rings. The van der Waals surface area contributed by atoms with Gasteiger partial charge >= 0.3 is 5.97 Å². The van der Waals surface area contributed by atoms with Crippen molar-refractivity contribution in [1.82, 2.24) is 25.5 Å². The molecular weight excluding hydrogens is 428 g/mol. The zero-order chi connectivity index (χ0) is 22.3. The average Bonchev–Trinajstić information content (AvgIpc) is 3.44. The maximum Gasteiger partial charge on any atom is 0.323 e. The van der Waals surface area contributed by atoms with Crippen molar-refractivity contribution >= 4 is 27.8 Å². The van der Waals surface area contributed by atoms with E-state index in [0.29, 0.717) is 25.3 Å². The third kappa shape index (κ3) is 6.49. The van der Waals surface area contributed by atoms with Crippen LogP contribution in [0.3, 0.4) is 0 Å². The summed E-state index contributed by atoms with van der Waals surface area (Å²) < 4.78 is 26.8. The number of hydroxylamine groups is 1. The van der Waals surface area contributed by atoms with Crippen LogP contribution >= 0.6 is 0 Å². The number of aromatic nitrogens is 2. The van der Waals surface area contributed by atoms with Gasteiger partial charge in [-0.2, -0.15) is 10.2 Å². The normalized spacial score (nSPS) is 19.6. The van der Waals surface area contributed by atoms with E-state index in [0.717, 1.165) is 0 Å². The lowest BCUT2D eigenvalue weighted by Crippen LogP contribution is -2.51. The summed E-state index contributed by atoms with van der Waals surface area (Å²) in [6.45, 7) is 0.166. The molecule has 1 aromatic carbocycles. The minimum absolute atomic E-state index is 0.0653. The lowest BCUT2D eigenvalue weighted by atomic mass is 10.1. The predicted octanol–water partition coefficient (Wildman–Crippen LogP) is -0.578. The SMILES string of the molecule is O=C(O)C(CNC(=O)C1CC(CCNc2ncc[nH]2)ON1)NS(=O)(=O)c1ccccc1. The van der Waals surface area contributed by atoms with Crippen molar-refractivity contribution in [1.29, 1.82) is 0 Å². The number of amides is 1. The summed E-state index contributed by atoms with van der Waals surface area (Å²) in [4.78, 5) is 36.1. The van der Waals surface area contributed by atoms with Gasteiger partial charge in [-0.05, 0) is 18.6 Å². The van der Waals surface area contributed by atoms with Gasteiger partial charge in [0.15, 0.2) is 5.95 Å². The number of H-pyrrole nitrogens is 1. The number of rotatable bonds is 11. The van der Waals surface area contributed by atoms with Gasteiger partial charge in [-0.15, -0.1) is 0 Å². The molecule has 1 aliphatic rings. The molecule has 0 aliphatic carbocycles. The molecule has 6 N–H and O–H groups in total. The number of carboxylic acids is 1. The van der Waals surface area contributed by atoms with Crippen LogP contribution in [0.2, 0.25) is 0 Å². The van der Waals surface area contributed by atoms with Gasteiger partial charge in [-0.25, -0.2) is 13.4 Å². The Bertz CT molecular complexity index is 969. The second-order valence-electron chi connectivity index (χ2n) is 6.87. The largest absolute Gasteiger partial charge is 0.480 e. The quantitative estimate of drug-likeness (QED) is 0.261. The fourth-order valence-corrected chi connectivity index (χ4v) is 4.16. The number of carbonyl (C=O) groups is 2. The van der Waals surface area contributed by atoms with Gasteiger partial charge in [0, 0.05) is 31.9 Å². The number of aliphatic carboxylic acids is 1. The molecule has 1 saturated heterocycles. The summed E-state index contributed by atoms with van der Waals surface area (Å²) in [7, 11) is -4.05. The highest BCUT2D eigenvalue weighted by molar-refractivity contribution is 7.89. The molecule has 1 amide bonds. The Morgan fingerprint density at radius 1 is 1.29 bits per heavy atom. The lowest BCUT2D eigenvalue weighted by Gasteiger charge is -2.17. The number of hydrogen-bond donors (Lipinski definition) is 6. The summed E-state index contributed by atoms with van der Waals surface area (Å²) in [6.07, 6.45) is 4.11. The molecule has 0 spiro atoms. The molecule has 13 heteroatoms. The van der Waals surface area contributed by atoms with Gasteiger partial charge in [0.1, 0.15) is 12.1 Å². The molecule has 3 atom stereocenters. The van der Waals surface area contributed by atoms with Crippen molar-refractivity contribution in [2.24, 2.45) is 0 Å². The lowest BCUT2D eigenvalue weighted by molar-refractivity contribution is -0.139. The molecule has 0 radical (unpaired) electrons. The monoisotopic (exact) mass is 452 g/mol. The van der Waals surface area contributed by atoms with E-state index in [4.69, 9.17) is 4.84 Å². The molecule has 1 aromatic heterocycles. The Hall–Kier alpha value is -3.00. The third-order valence-electron chi connectivity index (χ3n) is 4.58. The molecule has 3 unspecified atom stereocenters. The first-order chi connectivity index (χ1) is 14.8. The first-order valence-corrected chi connectivity index (χ1v) is 11.1. The third-order valence-corrected chi connectivity index (χ3v) is 6.07. The van der Waals surface area contributed by atoms with Crippen molar-refractivity contribution in [3.8, 4) is 0 Å². The van der Waals surface area contributed by atoms with E-state index in [9.17, 15) is 23.1 Å². The zero-order valence-corrected chi connectivity index (χ0v) is 17.3. The minimum Gasteiger partial charge on any atom is -0.480 e. The van der Waals surface area contributed by atoms with E-state index in [1.54, 1.807) is 18.5 Å². The van der Waals surface area contributed by atoms with Crippen molar-refractivity contribution in [3.63, 3.8) is 0 Å². The Labute approximate surface area is 178 Å². The van der Waals surface area contributed by atoms with Gasteiger partial charge < -0.3 is 20.7 Å². The Kier molecular flexibility index (Phi) is 7.57. The number of anilines is 1. The fraction of sp³-hybridized carbons (Fsp3) is 0.389. The van der Waals surface area contributed by atoms with Gasteiger partial charge in [-0.1, -0.05) is 18.2 Å². The fourth-order valence-electron chi connectivity index (χ4n) is 2.95. The maximum absolute atomic E-state index is 12.4. The molecule has 0 bridgehead atoms. The summed E-state index contributed by atoms with van der Waals surface area (Å²) in [5, 5.41) is 14.9. The standard InChI is InChI=1S/C18H24N6O6S/c25-16(14-10-12(30-23-14)6-7-19-18-20-8-9-21-18)22-11-15(17(26)27)24-31(28,29)13-4-2-1-3-5-13/h1-5,8-9,12,14-15,23-24H,6-7,10-11H2,(H,22,25)(H,26,27)(H2,19,20,21). The second kappa shape index (κ2) is 10.3. The van der Waals surface area contributed by atoms with Crippen LogP contribution in [0.15, 0.2) is 47.6 Å². The summed E-state index contributed by atoms with van der Waals surface area (Å²) in [5.41, 5.74) is 2.63. The van der Waals surface area contributed by atoms with E-state index in [-0.39, 0.29) is 11.0 Å². The molecule has 3 rings (SSSR count). The average molecular weight is 452 g/mol. The Morgan fingerprint density at radius 3 is 2.74 bits per heavy atom. The van der Waals surface area contributed by atoms with E-state index in [1.807, 2.05) is 0 Å². The summed E-state index contributed by atoms with van der Waals surface area (Å²) >= 11 is 0. The molecule has 1 fully saturated rings. The Balaban J connectivity index is 1.45. The van der Waals surface area contributed by atoms with E-state index in [2.05, 4.69) is 30.8 Å². The van der Waals surface area contributed by atoms with E-state index in [1.165, 1.54) is 24.3 Å². The van der Waals surface area contributed by atoms with Crippen molar-refractivity contribution < 1.29 is 28.0 Å². The molecule has 1 aliphatic heterocycles. The van der Waals surface area contributed by atoms with E-state index < -0.39 is 40.5 Å². The van der Waals surface area contributed by atoms with Crippen molar-refractivity contribution in [2.75, 3.05) is 18.4 Å². The summed E-state index contributed by atoms with van der Waals surface area (Å²) in [6, 6.07) is 5.20. The molecule has 0 saturated carbocycles. The van der Waals surface area contributed by atoms with Gasteiger partial charge in [-0.3, -0.25) is 14.4 Å². The number of nitrogens with one attached hydrogen (secondary N) is 5. The van der Waals surface area contributed by atoms with Crippen LogP contribution in [0.1, 0.15) is 12.8 Å². The molecular formula is C18H24N6O6S. The zero-order valence-electron chi connectivity index (χ0n) is 16.4. The number of sulfonamides is 1. The maximum atomic E-state index is 12.4. The van der Waals surface area contributed by atoms with Crippen LogP contribution in [0.25, 0.3) is 0 Å². The number of carboxylic acid groups (broad SMARTS) is 1. The number of hydrogen-bond acceptors (Lipinski definition) is 8. The van der Waals surface area contributed by atoms with Crippen LogP contribution in [0.4, 0.5) is 5.95 Å². The first-order valence-electron chi connectivity index (χ1n) is 9.57. The number of aromatic amines is 1. The van der Waals surface area contributed by atoms with Crippen LogP contribution in [0, 0.1) is 0 Å². The van der Waals surface area contributed by atoms with Gasteiger partial charge in [0.2, 0.25) is 15.9 Å². The van der Waals surface area contributed by atoms with Crippen LogP contribution in [0.5, 0.6) is 0 Å². The highest BCUT2D eigenvalue weighted by Gasteiger charge is 2.32. The molecule has 12 nitrogen and oxygen atoms in total. The van der Waals surface area contributed by atoms with Crippen molar-refractivity contribution in [3.05, 3.63) is 42.7 Å². The highest BCUT2D eigenvalue weighted by Crippen LogP contribution is 2.14. The number of carbonyl (C=O) groups excluding carboxylic acids is 1. The number of imidazole rings is 1. The molecule has 168 valence electrons. The van der Waals surface area contributed by atoms with Gasteiger partial charge in [0.05, 0.1) is 11.0 Å². The summed E-state index contributed by atoms with van der Waals surface area (Å²) in [5.74, 6) is -1.25. The Morgan fingerprint density at radius 2 is 2.06 bits per heavy atom. The van der Waals surface area contributed by atoms with Crippen LogP contribution in [-0.2, 0) is 24.4 Å². The highest BCUT2D eigenvalue weighted by atomic mass is 32.2. The minimum atomic E-state index is -4.05. The topological polar surface area (TPSA) is 175 Å². The van der Waals surface area contributed by atoms with Crippen molar-refractivity contribution in [2.45, 2.75) is 35.9 Å². The molecule has 2 heterocycles. The number of nitrogens with zero attached hydrogens (tertiary/aromatic N) is 1. The molecule has 31 heavy (non-hydrogen) atoms.